The highest BCUT2D eigenvalue weighted by molar-refractivity contribution is 5.30. The number of ether oxygens (including phenoxy) is 1. The highest BCUT2D eigenvalue weighted by atomic mass is 19.4. The van der Waals surface area contributed by atoms with E-state index in [4.69, 9.17) is 9.84 Å². The van der Waals surface area contributed by atoms with Crippen molar-refractivity contribution in [2.75, 3.05) is 6.61 Å². The molecule has 2 nitrogen and oxygen atoms in total. The Morgan fingerprint density at radius 1 is 0.633 bits per heavy atom. The van der Waals surface area contributed by atoms with Crippen LogP contribution in [0.2, 0.25) is 0 Å². The van der Waals surface area contributed by atoms with Crippen LogP contribution in [0.1, 0.15) is 12.8 Å². The van der Waals surface area contributed by atoms with Crippen LogP contribution in [0.25, 0.3) is 0 Å². The number of hydrogen-bond acceptors (Lipinski definition) is 2. The molecule has 1 aromatic rings. The molecule has 0 fully saturated rings. The molecule has 0 aromatic heterocycles. The molecule has 1 aromatic carbocycles. The Hall–Kier alpha value is -2.09. The summed E-state index contributed by atoms with van der Waals surface area (Å²) in [5.41, 5.74) is 0. The molecule has 0 spiro atoms. The van der Waals surface area contributed by atoms with Gasteiger partial charge in [0.25, 0.3) is 0 Å². The molecule has 30 heavy (non-hydrogen) atoms. The van der Waals surface area contributed by atoms with Crippen molar-refractivity contribution in [1.29, 1.82) is 0 Å². The summed E-state index contributed by atoms with van der Waals surface area (Å²) in [5.74, 6) is -37.1. The number of alkyl halides is 13. The average Bonchev–Trinajstić information content (AvgIpc) is 2.58. The van der Waals surface area contributed by atoms with E-state index in [1.807, 2.05) is 0 Å². The van der Waals surface area contributed by atoms with Crippen LogP contribution >= 0.6 is 0 Å². The van der Waals surface area contributed by atoms with E-state index in [0.717, 1.165) is 24.3 Å². The molecule has 0 heterocycles. The van der Waals surface area contributed by atoms with Crippen LogP contribution in [-0.2, 0) is 0 Å². The lowest BCUT2D eigenvalue weighted by molar-refractivity contribution is -0.440. The van der Waals surface area contributed by atoms with Gasteiger partial charge in [-0.05, 0) is 30.7 Å². The topological polar surface area (TPSA) is 29.5 Å². The third-order valence-electron chi connectivity index (χ3n) is 3.74. The van der Waals surface area contributed by atoms with Gasteiger partial charge in [-0.1, -0.05) is 0 Å². The van der Waals surface area contributed by atoms with Crippen LogP contribution in [0, 0.1) is 0 Å². The van der Waals surface area contributed by atoms with Gasteiger partial charge in [-0.15, -0.1) is 0 Å². The van der Waals surface area contributed by atoms with E-state index in [1.54, 1.807) is 0 Å². The minimum absolute atomic E-state index is 0.107. The lowest BCUT2D eigenvalue weighted by Gasteiger charge is -2.39. The number of phenolic OH excluding ortho intramolecular Hbond substituents is 1. The summed E-state index contributed by atoms with van der Waals surface area (Å²) in [6.07, 6.45) is -11.0. The van der Waals surface area contributed by atoms with Crippen molar-refractivity contribution in [3.8, 4) is 11.5 Å². The number of aromatic hydroxyl groups is 1. The van der Waals surface area contributed by atoms with Crippen molar-refractivity contribution in [3.05, 3.63) is 24.3 Å². The summed E-state index contributed by atoms with van der Waals surface area (Å²) in [7, 11) is 0. The third kappa shape index (κ3) is 4.33. The van der Waals surface area contributed by atoms with Crippen molar-refractivity contribution in [3.63, 3.8) is 0 Å². The van der Waals surface area contributed by atoms with E-state index in [2.05, 4.69) is 0 Å². The molecule has 0 aliphatic heterocycles. The first-order valence-electron chi connectivity index (χ1n) is 7.60. The molecule has 0 saturated carbocycles. The normalized spacial score (nSPS) is 14.7. The number of halogens is 13. The minimum atomic E-state index is -7.90. The fourth-order valence-electron chi connectivity index (χ4n) is 1.99. The minimum Gasteiger partial charge on any atom is -0.508 e. The maximum atomic E-state index is 13.5. The van der Waals surface area contributed by atoms with Gasteiger partial charge in [-0.3, -0.25) is 0 Å². The van der Waals surface area contributed by atoms with Gasteiger partial charge in [0.2, 0.25) is 0 Å². The first-order valence-corrected chi connectivity index (χ1v) is 7.60. The summed E-state index contributed by atoms with van der Waals surface area (Å²) in [5, 5.41) is 8.98. The smallest absolute Gasteiger partial charge is 0.460 e. The first kappa shape index (κ1) is 25.9. The van der Waals surface area contributed by atoms with Gasteiger partial charge in [-0.25, -0.2) is 0 Å². The quantitative estimate of drug-likeness (QED) is 0.340. The number of rotatable bonds is 9. The van der Waals surface area contributed by atoms with Crippen LogP contribution in [0.5, 0.6) is 11.5 Å². The fraction of sp³-hybridized carbons (Fsp3) is 0.600. The molecule has 1 N–H and O–H groups in total. The van der Waals surface area contributed by atoms with Crippen LogP contribution in [0.4, 0.5) is 57.1 Å². The van der Waals surface area contributed by atoms with Gasteiger partial charge >= 0.3 is 35.8 Å². The zero-order chi connectivity index (χ0) is 23.8. The number of phenols is 1. The van der Waals surface area contributed by atoms with Crippen LogP contribution in [-0.4, -0.2) is 47.5 Å². The van der Waals surface area contributed by atoms with Gasteiger partial charge in [0.1, 0.15) is 11.5 Å². The highest BCUT2D eigenvalue weighted by Gasteiger charge is 2.90. The molecule has 0 unspecified atom stereocenters. The largest absolute Gasteiger partial charge is 0.508 e. The van der Waals surface area contributed by atoms with Crippen LogP contribution in [0.15, 0.2) is 24.3 Å². The Bertz CT molecular complexity index is 710. The summed E-state index contributed by atoms with van der Waals surface area (Å²) >= 11 is 0. The lowest BCUT2D eigenvalue weighted by Crippen LogP contribution is -2.70. The summed E-state index contributed by atoms with van der Waals surface area (Å²) in [6.45, 7) is -0.878. The highest BCUT2D eigenvalue weighted by Crippen LogP contribution is 2.60. The van der Waals surface area contributed by atoms with Crippen LogP contribution < -0.4 is 4.74 Å². The fourth-order valence-corrected chi connectivity index (χ4v) is 1.99. The van der Waals surface area contributed by atoms with E-state index >= 15 is 0 Å². The van der Waals surface area contributed by atoms with Crippen molar-refractivity contribution in [1.82, 2.24) is 0 Å². The molecule has 0 saturated heterocycles. The maximum Gasteiger partial charge on any atom is 0.460 e. The van der Waals surface area contributed by atoms with Gasteiger partial charge in [0.15, 0.2) is 0 Å². The maximum absolute atomic E-state index is 13.5. The van der Waals surface area contributed by atoms with Gasteiger partial charge in [-0.2, -0.15) is 57.1 Å². The molecule has 1 rings (SSSR count). The molecule has 0 radical (unpaired) electrons. The average molecular weight is 470 g/mol. The van der Waals surface area contributed by atoms with Crippen molar-refractivity contribution in [2.45, 2.75) is 48.6 Å². The summed E-state index contributed by atoms with van der Waals surface area (Å²) in [4.78, 5) is 0. The Labute approximate surface area is 159 Å². The number of benzene rings is 1. The zero-order valence-electron chi connectivity index (χ0n) is 14.2. The van der Waals surface area contributed by atoms with E-state index in [-0.39, 0.29) is 11.5 Å². The molecule has 0 aliphatic carbocycles. The van der Waals surface area contributed by atoms with Crippen molar-refractivity contribution < 1.29 is 66.9 Å². The first-order chi connectivity index (χ1) is 13.2. The van der Waals surface area contributed by atoms with Gasteiger partial charge < -0.3 is 9.84 Å². The molecule has 15 heteroatoms. The van der Waals surface area contributed by atoms with Crippen molar-refractivity contribution >= 4 is 0 Å². The van der Waals surface area contributed by atoms with Gasteiger partial charge in [0, 0.05) is 6.42 Å². The molecule has 0 amide bonds. The molecule has 0 atom stereocenters. The Morgan fingerprint density at radius 2 is 1.07 bits per heavy atom. The van der Waals surface area contributed by atoms with E-state index < -0.39 is 55.2 Å². The van der Waals surface area contributed by atoms with E-state index in [0.29, 0.717) is 0 Å². The van der Waals surface area contributed by atoms with E-state index in [1.165, 1.54) is 0 Å². The molecule has 0 bridgehead atoms. The molecule has 0 aliphatic rings. The standard InChI is InChI=1S/C15H11F13O2/c16-10(17,6-1-7-30-9-4-2-8(29)3-5-9)11(18,19)12(20,21)13(22,23)14(24,25)15(26,27)28/h2-5,29H,1,6-7H2. The summed E-state index contributed by atoms with van der Waals surface area (Å²) in [6, 6.07) is 4.27. The molecular formula is C15H11F13O2. The van der Waals surface area contributed by atoms with E-state index in [9.17, 15) is 57.1 Å². The summed E-state index contributed by atoms with van der Waals surface area (Å²) < 4.78 is 173. The van der Waals surface area contributed by atoms with Crippen molar-refractivity contribution in [2.24, 2.45) is 0 Å². The monoisotopic (exact) mass is 470 g/mol. The Kier molecular flexibility index (Phi) is 6.81. The SMILES string of the molecule is Oc1ccc(OCCCC(F)(F)C(F)(F)C(F)(F)C(F)(F)C(F)(F)C(F)(F)F)cc1. The number of hydrogen-bond donors (Lipinski definition) is 1. The second kappa shape index (κ2) is 7.87. The predicted octanol–water partition coefficient (Wildman–Crippen LogP) is 6.29. The predicted molar refractivity (Wildman–Crippen MR) is 73.6 cm³/mol. The Morgan fingerprint density at radius 3 is 1.50 bits per heavy atom. The molecular weight excluding hydrogens is 459 g/mol. The zero-order valence-corrected chi connectivity index (χ0v) is 14.2. The second-order valence-electron chi connectivity index (χ2n) is 5.95. The Balaban J connectivity index is 2.98. The second-order valence-corrected chi connectivity index (χ2v) is 5.95. The van der Waals surface area contributed by atoms with Crippen LogP contribution in [0.3, 0.4) is 0 Å². The lowest BCUT2D eigenvalue weighted by atomic mass is 9.92. The van der Waals surface area contributed by atoms with Gasteiger partial charge in [0.05, 0.1) is 6.61 Å². The molecule has 174 valence electrons. The third-order valence-corrected chi connectivity index (χ3v) is 3.74.